The van der Waals surface area contributed by atoms with Crippen molar-refractivity contribution in [3.05, 3.63) is 35.4 Å². The summed E-state index contributed by atoms with van der Waals surface area (Å²) in [4.78, 5) is 2.29. The molecule has 94 valence electrons. The Morgan fingerprint density at radius 2 is 1.76 bits per heavy atom. The fraction of sp³-hybridized carbons (Fsp3) is 0.538. The molecule has 1 aromatic carbocycles. The van der Waals surface area contributed by atoms with Gasteiger partial charge in [0.25, 0.3) is 0 Å². The summed E-state index contributed by atoms with van der Waals surface area (Å²) in [5.41, 5.74) is 0.668. The normalized spacial score (nSPS) is 18.5. The third kappa shape index (κ3) is 3.75. The second kappa shape index (κ2) is 5.56. The van der Waals surface area contributed by atoms with E-state index in [0.717, 1.165) is 32.0 Å². The van der Waals surface area contributed by atoms with E-state index in [1.54, 1.807) is 0 Å². The van der Waals surface area contributed by atoms with Crippen LogP contribution in [0.3, 0.4) is 0 Å². The van der Waals surface area contributed by atoms with Crippen molar-refractivity contribution < 1.29 is 8.78 Å². The van der Waals surface area contributed by atoms with E-state index in [-0.39, 0.29) is 0 Å². The van der Waals surface area contributed by atoms with Crippen LogP contribution in [0.2, 0.25) is 0 Å². The smallest absolute Gasteiger partial charge is 0.126 e. The summed E-state index contributed by atoms with van der Waals surface area (Å²) in [5.74, 6) is -1.02. The summed E-state index contributed by atoms with van der Waals surface area (Å²) in [6.07, 6.45) is 2.18. The lowest BCUT2D eigenvalue weighted by atomic mass is 10.1. The van der Waals surface area contributed by atoms with Gasteiger partial charge in [-0.25, -0.2) is 8.78 Å². The monoisotopic (exact) mass is 240 g/mol. The van der Waals surface area contributed by atoms with Crippen LogP contribution in [0.25, 0.3) is 0 Å². The molecule has 0 amide bonds. The van der Waals surface area contributed by atoms with Crippen LogP contribution in [-0.4, -0.2) is 31.1 Å². The van der Waals surface area contributed by atoms with Crippen LogP contribution >= 0.6 is 0 Å². The zero-order chi connectivity index (χ0) is 12.3. The quantitative estimate of drug-likeness (QED) is 0.871. The molecule has 0 atom stereocenters. The van der Waals surface area contributed by atoms with Gasteiger partial charge in [0.15, 0.2) is 0 Å². The predicted octanol–water partition coefficient (Wildman–Crippen LogP) is 2.15. The second-order valence-electron chi connectivity index (χ2n) is 4.74. The van der Waals surface area contributed by atoms with Crippen LogP contribution in [0.1, 0.15) is 18.4 Å². The van der Waals surface area contributed by atoms with Crippen molar-refractivity contribution in [3.63, 3.8) is 0 Å². The number of piperidine rings is 1. The number of halogens is 2. The molecule has 0 radical (unpaired) electrons. The Balaban J connectivity index is 1.85. The van der Waals surface area contributed by atoms with E-state index in [1.165, 1.54) is 12.1 Å². The van der Waals surface area contributed by atoms with E-state index in [1.807, 2.05) is 0 Å². The molecule has 1 N–H and O–H groups in total. The molecule has 2 nitrogen and oxygen atoms in total. The highest BCUT2D eigenvalue weighted by molar-refractivity contribution is 5.17. The minimum atomic E-state index is -0.509. The molecule has 1 heterocycles. The Morgan fingerprint density at radius 1 is 1.18 bits per heavy atom. The van der Waals surface area contributed by atoms with Gasteiger partial charge in [0.2, 0.25) is 0 Å². The first-order chi connectivity index (χ1) is 8.13. The zero-order valence-electron chi connectivity index (χ0n) is 10.0. The largest absolute Gasteiger partial charge is 0.310 e. The SMILES string of the molecule is CN1CCC(NCc2cc(F)cc(F)c2)CC1. The standard InChI is InChI=1S/C13H18F2N2/c1-17-4-2-13(3-5-17)16-9-10-6-11(14)8-12(15)7-10/h6-8,13,16H,2-5,9H2,1H3. The van der Waals surface area contributed by atoms with Gasteiger partial charge in [0.05, 0.1) is 0 Å². The molecule has 2 rings (SSSR count). The number of nitrogens with one attached hydrogen (secondary N) is 1. The Bertz CT molecular complexity index is 353. The van der Waals surface area contributed by atoms with Gasteiger partial charge in [-0.15, -0.1) is 0 Å². The van der Waals surface area contributed by atoms with E-state index in [4.69, 9.17) is 0 Å². The van der Waals surface area contributed by atoms with Crippen molar-refractivity contribution in [2.75, 3.05) is 20.1 Å². The highest BCUT2D eigenvalue weighted by Crippen LogP contribution is 2.11. The first-order valence-electron chi connectivity index (χ1n) is 6.00. The molecule has 1 fully saturated rings. The fourth-order valence-electron chi connectivity index (χ4n) is 2.19. The molecule has 4 heteroatoms. The number of nitrogens with zero attached hydrogens (tertiary/aromatic N) is 1. The molecule has 0 unspecified atom stereocenters. The van der Waals surface area contributed by atoms with Gasteiger partial charge in [-0.3, -0.25) is 0 Å². The lowest BCUT2D eigenvalue weighted by molar-refractivity contribution is 0.234. The molecule has 17 heavy (non-hydrogen) atoms. The maximum atomic E-state index is 13.0. The second-order valence-corrected chi connectivity index (χ2v) is 4.74. The summed E-state index contributed by atoms with van der Waals surface area (Å²) in [5, 5.41) is 3.35. The third-order valence-corrected chi connectivity index (χ3v) is 3.24. The molecule has 1 aromatic rings. The molecule has 0 spiro atoms. The van der Waals surface area contributed by atoms with Gasteiger partial charge in [0, 0.05) is 18.7 Å². The van der Waals surface area contributed by atoms with Crippen molar-refractivity contribution in [1.29, 1.82) is 0 Å². The first kappa shape index (κ1) is 12.5. The summed E-state index contributed by atoms with van der Waals surface area (Å²) in [6, 6.07) is 4.12. The Kier molecular flexibility index (Phi) is 4.07. The van der Waals surface area contributed by atoms with Crippen LogP contribution in [0, 0.1) is 11.6 Å². The molecule has 1 saturated heterocycles. The van der Waals surface area contributed by atoms with Crippen LogP contribution in [0.5, 0.6) is 0 Å². The summed E-state index contributed by atoms with van der Waals surface area (Å²) in [7, 11) is 2.11. The molecule has 1 aliphatic rings. The zero-order valence-corrected chi connectivity index (χ0v) is 10.0. The number of rotatable bonds is 3. The summed E-state index contributed by atoms with van der Waals surface area (Å²) in [6.45, 7) is 2.69. The Morgan fingerprint density at radius 3 is 2.35 bits per heavy atom. The van der Waals surface area contributed by atoms with Crippen molar-refractivity contribution in [1.82, 2.24) is 10.2 Å². The molecule has 1 aliphatic heterocycles. The maximum Gasteiger partial charge on any atom is 0.126 e. The van der Waals surface area contributed by atoms with Gasteiger partial charge in [0.1, 0.15) is 11.6 Å². The highest BCUT2D eigenvalue weighted by atomic mass is 19.1. The van der Waals surface area contributed by atoms with Crippen molar-refractivity contribution in [3.8, 4) is 0 Å². The van der Waals surface area contributed by atoms with Gasteiger partial charge in [-0.05, 0) is 50.7 Å². The van der Waals surface area contributed by atoms with Crippen LogP contribution in [0.4, 0.5) is 8.78 Å². The van der Waals surface area contributed by atoms with Gasteiger partial charge in [-0.1, -0.05) is 0 Å². The molecule has 0 aliphatic carbocycles. The number of hydrogen-bond acceptors (Lipinski definition) is 2. The number of hydrogen-bond donors (Lipinski definition) is 1. The number of benzene rings is 1. The van der Waals surface area contributed by atoms with Gasteiger partial charge in [-0.2, -0.15) is 0 Å². The van der Waals surface area contributed by atoms with E-state index in [2.05, 4.69) is 17.3 Å². The highest BCUT2D eigenvalue weighted by Gasteiger charge is 2.15. The predicted molar refractivity (Wildman–Crippen MR) is 63.7 cm³/mol. The summed E-state index contributed by atoms with van der Waals surface area (Å²) >= 11 is 0. The van der Waals surface area contributed by atoms with Gasteiger partial charge >= 0.3 is 0 Å². The molecule has 0 aromatic heterocycles. The van der Waals surface area contributed by atoms with Crippen molar-refractivity contribution in [2.24, 2.45) is 0 Å². The minimum Gasteiger partial charge on any atom is -0.310 e. The molecule has 0 saturated carbocycles. The maximum absolute atomic E-state index is 13.0. The molecular weight excluding hydrogens is 222 g/mol. The topological polar surface area (TPSA) is 15.3 Å². The Hall–Kier alpha value is -1.00. The average Bonchev–Trinajstić information content (AvgIpc) is 2.27. The van der Waals surface area contributed by atoms with Crippen LogP contribution < -0.4 is 5.32 Å². The average molecular weight is 240 g/mol. The lowest BCUT2D eigenvalue weighted by Gasteiger charge is -2.29. The first-order valence-corrected chi connectivity index (χ1v) is 6.00. The summed E-state index contributed by atoms with van der Waals surface area (Å²) < 4.78 is 25.9. The van der Waals surface area contributed by atoms with E-state index in [0.29, 0.717) is 18.2 Å². The Labute approximate surface area is 101 Å². The van der Waals surface area contributed by atoms with Crippen molar-refractivity contribution >= 4 is 0 Å². The van der Waals surface area contributed by atoms with E-state index >= 15 is 0 Å². The minimum absolute atomic E-state index is 0.456. The van der Waals surface area contributed by atoms with E-state index in [9.17, 15) is 8.78 Å². The van der Waals surface area contributed by atoms with Crippen molar-refractivity contribution in [2.45, 2.75) is 25.4 Å². The van der Waals surface area contributed by atoms with E-state index < -0.39 is 11.6 Å². The van der Waals surface area contributed by atoms with Crippen LogP contribution in [0.15, 0.2) is 18.2 Å². The molecular formula is C13H18F2N2. The fourth-order valence-corrected chi connectivity index (χ4v) is 2.19. The lowest BCUT2D eigenvalue weighted by Crippen LogP contribution is -2.40. The number of likely N-dealkylation sites (tertiary alicyclic amines) is 1. The van der Waals surface area contributed by atoms with Gasteiger partial charge < -0.3 is 10.2 Å². The molecule has 0 bridgehead atoms. The third-order valence-electron chi connectivity index (χ3n) is 3.24. The van der Waals surface area contributed by atoms with Crippen LogP contribution in [-0.2, 0) is 6.54 Å².